The quantitative estimate of drug-likeness (QED) is 0.248. The summed E-state index contributed by atoms with van der Waals surface area (Å²) in [6.07, 6.45) is 1.39. The first-order valence-electron chi connectivity index (χ1n) is 5.63. The summed E-state index contributed by atoms with van der Waals surface area (Å²) in [6, 6.07) is 6.89. The summed E-state index contributed by atoms with van der Waals surface area (Å²) in [5, 5.41) is 0. The monoisotopic (exact) mass is 392 g/mol. The molecule has 0 aromatic heterocycles. The molecular weight excluding hydrogens is 377 g/mol. The molecule has 0 saturated carbocycles. The van der Waals surface area contributed by atoms with E-state index in [1.54, 1.807) is 31.2 Å². The van der Waals surface area contributed by atoms with Gasteiger partial charge in [0.05, 0.1) is 0 Å². The second kappa shape index (κ2) is 10.5. The van der Waals surface area contributed by atoms with Gasteiger partial charge in [-0.15, -0.1) is 0 Å². The van der Waals surface area contributed by atoms with Crippen molar-refractivity contribution >= 4 is 56.8 Å². The molecule has 10 nitrogen and oxygen atoms in total. The number of ketones is 2. The first-order chi connectivity index (χ1) is 10.2. The predicted octanol–water partition coefficient (Wildman–Crippen LogP) is -0.494. The van der Waals surface area contributed by atoms with Crippen molar-refractivity contribution in [1.82, 2.24) is 0 Å². The van der Waals surface area contributed by atoms with Gasteiger partial charge in [0.15, 0.2) is 11.6 Å². The number of fused-ring (bicyclic) bond motifs is 1. The zero-order valence-electron chi connectivity index (χ0n) is 11.6. The number of Topliss-reactive ketones (excluding diaryl/α,β-unsaturated/α-hetero) is 1. The second-order valence-corrected chi connectivity index (χ2v) is 6.15. The summed E-state index contributed by atoms with van der Waals surface area (Å²) in [6.45, 7) is 1.66. The Balaban J connectivity index is 0. The maximum atomic E-state index is 11.5. The SMILES string of the molecule is CC1=CC(=O)c2ccccc2C1=O.O=P(O)(O)O.O=P(O)(O)O.[NaH]. The second-order valence-electron chi connectivity index (χ2n) is 4.09. The molecule has 0 spiro atoms. The number of carbonyl (C=O) groups is 2. The van der Waals surface area contributed by atoms with E-state index in [1.165, 1.54) is 6.08 Å². The number of rotatable bonds is 0. The summed E-state index contributed by atoms with van der Waals surface area (Å²) in [5.41, 5.74) is 1.55. The summed E-state index contributed by atoms with van der Waals surface area (Å²) in [5.74, 6) is -0.122. The van der Waals surface area contributed by atoms with Crippen LogP contribution in [-0.2, 0) is 9.13 Å². The minimum atomic E-state index is -4.64. The fraction of sp³-hybridized carbons (Fsp3) is 0.0909. The van der Waals surface area contributed by atoms with Gasteiger partial charge in [-0.3, -0.25) is 9.59 Å². The fourth-order valence-electron chi connectivity index (χ4n) is 1.45. The predicted molar refractivity (Wildman–Crippen MR) is 84.5 cm³/mol. The van der Waals surface area contributed by atoms with E-state index < -0.39 is 15.6 Å². The Morgan fingerprint density at radius 3 is 1.50 bits per heavy atom. The van der Waals surface area contributed by atoms with Crippen LogP contribution >= 0.6 is 15.6 Å². The molecule has 0 fully saturated rings. The molecule has 0 atom stereocenters. The average molecular weight is 392 g/mol. The van der Waals surface area contributed by atoms with Gasteiger partial charge in [-0.25, -0.2) is 9.13 Å². The average Bonchev–Trinajstić information content (AvgIpc) is 2.32. The number of hydrogen-bond donors (Lipinski definition) is 6. The van der Waals surface area contributed by atoms with Crippen LogP contribution in [0.25, 0.3) is 0 Å². The van der Waals surface area contributed by atoms with Gasteiger partial charge < -0.3 is 29.4 Å². The first kappa shape index (κ1) is 25.8. The molecule has 1 aromatic rings. The van der Waals surface area contributed by atoms with Crippen molar-refractivity contribution in [3.63, 3.8) is 0 Å². The molecule has 0 amide bonds. The van der Waals surface area contributed by atoms with Crippen LogP contribution in [0.2, 0.25) is 0 Å². The van der Waals surface area contributed by atoms with Crippen LogP contribution < -0.4 is 0 Å². The van der Waals surface area contributed by atoms with Crippen molar-refractivity contribution in [2.45, 2.75) is 6.92 Å². The third-order valence-corrected chi connectivity index (χ3v) is 2.14. The molecule has 1 aliphatic rings. The van der Waals surface area contributed by atoms with Crippen LogP contribution in [0, 0.1) is 0 Å². The van der Waals surface area contributed by atoms with E-state index in [1.807, 2.05) is 0 Å². The van der Waals surface area contributed by atoms with Crippen molar-refractivity contribution in [3.8, 4) is 0 Å². The molecule has 0 bridgehead atoms. The van der Waals surface area contributed by atoms with E-state index >= 15 is 0 Å². The molecule has 2 rings (SSSR count). The Morgan fingerprint density at radius 1 is 0.792 bits per heavy atom. The zero-order valence-corrected chi connectivity index (χ0v) is 13.4. The van der Waals surface area contributed by atoms with Gasteiger partial charge in [0.2, 0.25) is 0 Å². The molecule has 24 heavy (non-hydrogen) atoms. The van der Waals surface area contributed by atoms with Gasteiger partial charge >= 0.3 is 45.2 Å². The third-order valence-electron chi connectivity index (χ3n) is 2.14. The van der Waals surface area contributed by atoms with Gasteiger partial charge in [0.1, 0.15) is 0 Å². The fourth-order valence-corrected chi connectivity index (χ4v) is 1.45. The Labute approximate surface area is 158 Å². The van der Waals surface area contributed by atoms with Gasteiger partial charge in [-0.1, -0.05) is 24.3 Å². The number of phosphoric acid groups is 2. The van der Waals surface area contributed by atoms with E-state index in [0.29, 0.717) is 16.7 Å². The molecular formula is C11H15NaO10P2. The number of hydrogen-bond acceptors (Lipinski definition) is 4. The molecule has 0 unspecified atom stereocenters. The van der Waals surface area contributed by atoms with Crippen LogP contribution in [0.15, 0.2) is 35.9 Å². The van der Waals surface area contributed by atoms with Gasteiger partial charge in [0, 0.05) is 16.7 Å². The number of carbonyl (C=O) groups excluding carboxylic acids is 2. The van der Waals surface area contributed by atoms with Crippen molar-refractivity contribution in [2.24, 2.45) is 0 Å². The van der Waals surface area contributed by atoms with Crippen molar-refractivity contribution in [1.29, 1.82) is 0 Å². The Morgan fingerprint density at radius 2 is 1.12 bits per heavy atom. The molecule has 0 heterocycles. The van der Waals surface area contributed by atoms with Gasteiger partial charge in [-0.2, -0.15) is 0 Å². The normalized spacial score (nSPS) is 13.2. The summed E-state index contributed by atoms with van der Waals surface area (Å²) < 4.78 is 17.8. The van der Waals surface area contributed by atoms with Crippen molar-refractivity contribution in [2.75, 3.05) is 0 Å². The third kappa shape index (κ3) is 12.9. The molecule has 1 aliphatic carbocycles. The van der Waals surface area contributed by atoms with Gasteiger partial charge in [0.25, 0.3) is 0 Å². The molecule has 13 heteroatoms. The molecule has 0 saturated heterocycles. The maximum absolute atomic E-state index is 11.5. The molecule has 1 aromatic carbocycles. The first-order valence-corrected chi connectivity index (χ1v) is 8.76. The van der Waals surface area contributed by atoms with E-state index in [4.69, 9.17) is 38.5 Å². The molecule has 130 valence electrons. The molecule has 0 aliphatic heterocycles. The Hall–Kier alpha value is -0.480. The van der Waals surface area contributed by atoms with Gasteiger partial charge in [-0.05, 0) is 13.0 Å². The van der Waals surface area contributed by atoms with E-state index in [9.17, 15) is 9.59 Å². The van der Waals surface area contributed by atoms with E-state index in [2.05, 4.69) is 0 Å². The van der Waals surface area contributed by atoms with Crippen molar-refractivity contribution in [3.05, 3.63) is 47.0 Å². The van der Waals surface area contributed by atoms with Crippen LogP contribution in [0.1, 0.15) is 27.6 Å². The standard InChI is InChI=1S/C11H8O2.Na.2H3O4P.H/c1-7-6-10(12)8-4-2-3-5-9(8)11(7)13;;2*1-5(2,3)4;/h2-6H,1H3;;2*(H3,1,2,3,4);. The van der Waals surface area contributed by atoms with Crippen molar-refractivity contribution < 1.29 is 48.1 Å². The van der Waals surface area contributed by atoms with E-state index in [-0.39, 0.29) is 41.1 Å². The van der Waals surface area contributed by atoms with Crippen LogP contribution in [0.5, 0.6) is 0 Å². The van der Waals surface area contributed by atoms with Crippen LogP contribution in [0.4, 0.5) is 0 Å². The van der Waals surface area contributed by atoms with E-state index in [0.717, 1.165) is 0 Å². The number of allylic oxidation sites excluding steroid dienone is 2. The number of benzene rings is 1. The summed E-state index contributed by atoms with van der Waals surface area (Å²) >= 11 is 0. The summed E-state index contributed by atoms with van der Waals surface area (Å²) in [7, 11) is -9.28. The molecule has 0 radical (unpaired) electrons. The Bertz CT molecular complexity index is 681. The van der Waals surface area contributed by atoms with Crippen LogP contribution in [-0.4, -0.2) is 70.5 Å². The van der Waals surface area contributed by atoms with Crippen LogP contribution in [0.3, 0.4) is 0 Å². The zero-order chi connectivity index (χ0) is 18.4. The Kier molecular flexibility index (Phi) is 11.3. The minimum absolute atomic E-state index is 0. The summed E-state index contributed by atoms with van der Waals surface area (Å²) in [4.78, 5) is 66.1. The topological polar surface area (TPSA) is 190 Å². The molecule has 6 N–H and O–H groups in total.